The Hall–Kier alpha value is -1.33. The van der Waals surface area contributed by atoms with E-state index in [2.05, 4.69) is 4.98 Å². The topological polar surface area (TPSA) is 76.2 Å². The standard InChI is InChI=1S/C9H8N2O2S.ClH/c10-9-11-6-2-1-5(4-8(12)13)3-7(6)14-9;/h1-3H,4H2,(H2,10,11)(H,12,13);1H. The molecule has 80 valence electrons. The van der Waals surface area contributed by atoms with Gasteiger partial charge in [-0.3, -0.25) is 4.79 Å². The normalized spacial score (nSPS) is 9.87. The highest BCUT2D eigenvalue weighted by atomic mass is 35.5. The highest BCUT2D eigenvalue weighted by Gasteiger charge is 2.04. The first-order valence-corrected chi connectivity index (χ1v) is 4.83. The molecule has 0 unspecified atom stereocenters. The molecule has 2 aromatic rings. The summed E-state index contributed by atoms with van der Waals surface area (Å²) in [5, 5.41) is 9.11. The lowest BCUT2D eigenvalue weighted by Gasteiger charge is -1.95. The van der Waals surface area contributed by atoms with E-state index in [1.807, 2.05) is 6.07 Å². The smallest absolute Gasteiger partial charge is 0.307 e. The van der Waals surface area contributed by atoms with Crippen molar-refractivity contribution in [2.75, 3.05) is 5.73 Å². The van der Waals surface area contributed by atoms with E-state index in [0.717, 1.165) is 15.8 Å². The number of aromatic nitrogens is 1. The fourth-order valence-electron chi connectivity index (χ4n) is 1.27. The lowest BCUT2D eigenvalue weighted by Crippen LogP contribution is -1.99. The van der Waals surface area contributed by atoms with Crippen LogP contribution >= 0.6 is 23.7 Å². The minimum Gasteiger partial charge on any atom is -0.481 e. The Kier molecular flexibility index (Phi) is 3.49. The first kappa shape index (κ1) is 11.7. The quantitative estimate of drug-likeness (QED) is 0.846. The molecule has 1 aromatic carbocycles. The molecule has 0 radical (unpaired) electrons. The van der Waals surface area contributed by atoms with Crippen LogP contribution in [0.3, 0.4) is 0 Å². The fraction of sp³-hybridized carbons (Fsp3) is 0.111. The van der Waals surface area contributed by atoms with Crippen LogP contribution in [0.2, 0.25) is 0 Å². The van der Waals surface area contributed by atoms with Crippen LogP contribution in [0.1, 0.15) is 5.56 Å². The van der Waals surface area contributed by atoms with Crippen LogP contribution in [0.5, 0.6) is 0 Å². The molecule has 6 heteroatoms. The van der Waals surface area contributed by atoms with Gasteiger partial charge in [0.25, 0.3) is 0 Å². The van der Waals surface area contributed by atoms with Crippen molar-refractivity contribution in [2.45, 2.75) is 6.42 Å². The second-order valence-corrected chi connectivity index (χ2v) is 3.99. The summed E-state index contributed by atoms with van der Waals surface area (Å²) in [7, 11) is 0. The minimum atomic E-state index is -0.832. The van der Waals surface area contributed by atoms with Gasteiger partial charge in [-0.2, -0.15) is 0 Å². The molecule has 15 heavy (non-hydrogen) atoms. The van der Waals surface area contributed by atoms with E-state index in [4.69, 9.17) is 10.8 Å². The number of nitrogen functional groups attached to an aromatic ring is 1. The van der Waals surface area contributed by atoms with Gasteiger partial charge >= 0.3 is 5.97 Å². The number of thiazole rings is 1. The van der Waals surface area contributed by atoms with Crippen LogP contribution < -0.4 is 5.73 Å². The van der Waals surface area contributed by atoms with Gasteiger partial charge in [0.15, 0.2) is 5.13 Å². The molecule has 0 fully saturated rings. The van der Waals surface area contributed by atoms with Crippen molar-refractivity contribution in [1.29, 1.82) is 0 Å². The summed E-state index contributed by atoms with van der Waals surface area (Å²) in [6, 6.07) is 5.37. The third kappa shape index (κ3) is 2.57. The molecule has 0 aliphatic heterocycles. The van der Waals surface area contributed by atoms with Crippen LogP contribution in [-0.4, -0.2) is 16.1 Å². The largest absolute Gasteiger partial charge is 0.481 e. The Bertz CT molecular complexity index is 498. The maximum atomic E-state index is 10.5. The van der Waals surface area contributed by atoms with E-state index in [-0.39, 0.29) is 18.8 Å². The fourth-order valence-corrected chi connectivity index (χ4v) is 2.07. The zero-order valence-corrected chi connectivity index (χ0v) is 9.27. The Labute approximate surface area is 96.2 Å². The summed E-state index contributed by atoms with van der Waals surface area (Å²) in [6.45, 7) is 0. The third-order valence-electron chi connectivity index (χ3n) is 1.82. The number of halogens is 1. The molecule has 0 bridgehead atoms. The molecule has 0 atom stereocenters. The number of carbonyl (C=O) groups is 1. The summed E-state index contributed by atoms with van der Waals surface area (Å²) in [6.07, 6.45) is 0.0355. The number of carboxylic acid groups (broad SMARTS) is 1. The average Bonchev–Trinajstić information content (AvgIpc) is 2.42. The minimum absolute atomic E-state index is 0. The van der Waals surface area contributed by atoms with Crippen molar-refractivity contribution in [3.63, 3.8) is 0 Å². The van der Waals surface area contributed by atoms with Gasteiger partial charge in [-0.1, -0.05) is 17.4 Å². The average molecular weight is 245 g/mol. The number of hydrogen-bond donors (Lipinski definition) is 2. The highest BCUT2D eigenvalue weighted by Crippen LogP contribution is 2.24. The molecule has 0 aliphatic rings. The Morgan fingerprint density at radius 3 is 2.93 bits per heavy atom. The molecule has 2 rings (SSSR count). The zero-order chi connectivity index (χ0) is 10.1. The lowest BCUT2D eigenvalue weighted by molar-refractivity contribution is -0.136. The molecule has 0 aliphatic carbocycles. The van der Waals surface area contributed by atoms with Gasteiger partial charge in [-0.15, -0.1) is 12.4 Å². The van der Waals surface area contributed by atoms with E-state index in [1.165, 1.54) is 11.3 Å². The van der Waals surface area contributed by atoms with Crippen molar-refractivity contribution in [3.8, 4) is 0 Å². The summed E-state index contributed by atoms with van der Waals surface area (Å²) in [4.78, 5) is 14.6. The van der Waals surface area contributed by atoms with Crippen LogP contribution in [0.4, 0.5) is 5.13 Å². The number of rotatable bonds is 2. The summed E-state index contributed by atoms with van der Waals surface area (Å²) >= 11 is 1.37. The molecule has 1 heterocycles. The number of benzene rings is 1. The number of nitrogens with two attached hydrogens (primary N) is 1. The molecule has 0 spiro atoms. The van der Waals surface area contributed by atoms with Gasteiger partial charge in [0.2, 0.25) is 0 Å². The Balaban J connectivity index is 0.00000112. The molecule has 3 N–H and O–H groups in total. The van der Waals surface area contributed by atoms with Crippen molar-refractivity contribution in [2.24, 2.45) is 0 Å². The summed E-state index contributed by atoms with van der Waals surface area (Å²) < 4.78 is 0.932. The molecule has 0 saturated carbocycles. The number of anilines is 1. The summed E-state index contributed by atoms with van der Waals surface area (Å²) in [5.41, 5.74) is 7.13. The second-order valence-electron chi connectivity index (χ2n) is 2.92. The Morgan fingerprint density at radius 1 is 1.53 bits per heavy atom. The van der Waals surface area contributed by atoms with Gasteiger partial charge in [-0.25, -0.2) is 4.98 Å². The Morgan fingerprint density at radius 2 is 2.27 bits per heavy atom. The SMILES string of the molecule is Cl.Nc1nc2ccc(CC(=O)O)cc2s1. The monoisotopic (exact) mass is 244 g/mol. The van der Waals surface area contributed by atoms with Crippen LogP contribution in [0, 0.1) is 0 Å². The van der Waals surface area contributed by atoms with Gasteiger partial charge in [-0.05, 0) is 17.7 Å². The maximum Gasteiger partial charge on any atom is 0.307 e. The van der Waals surface area contributed by atoms with Crippen LogP contribution in [-0.2, 0) is 11.2 Å². The van der Waals surface area contributed by atoms with E-state index < -0.39 is 5.97 Å². The lowest BCUT2D eigenvalue weighted by atomic mass is 10.1. The second kappa shape index (κ2) is 4.46. The van der Waals surface area contributed by atoms with E-state index >= 15 is 0 Å². The highest BCUT2D eigenvalue weighted by molar-refractivity contribution is 7.22. The molecular formula is C9H9ClN2O2S. The molecular weight excluding hydrogens is 236 g/mol. The number of hydrogen-bond acceptors (Lipinski definition) is 4. The van der Waals surface area contributed by atoms with E-state index in [1.54, 1.807) is 12.1 Å². The van der Waals surface area contributed by atoms with Crippen LogP contribution in [0.25, 0.3) is 10.2 Å². The van der Waals surface area contributed by atoms with E-state index in [0.29, 0.717) is 5.13 Å². The van der Waals surface area contributed by atoms with Crippen molar-refractivity contribution < 1.29 is 9.90 Å². The first-order chi connectivity index (χ1) is 6.65. The zero-order valence-electron chi connectivity index (χ0n) is 7.64. The number of aliphatic carboxylic acids is 1. The van der Waals surface area contributed by atoms with Crippen molar-refractivity contribution >= 4 is 45.1 Å². The number of nitrogens with zero attached hydrogens (tertiary/aromatic N) is 1. The van der Waals surface area contributed by atoms with Gasteiger partial charge in [0.05, 0.1) is 16.6 Å². The molecule has 0 amide bonds. The van der Waals surface area contributed by atoms with Gasteiger partial charge in [0.1, 0.15) is 0 Å². The molecule has 1 aromatic heterocycles. The summed E-state index contributed by atoms with van der Waals surface area (Å²) in [5.74, 6) is -0.832. The van der Waals surface area contributed by atoms with Crippen LogP contribution in [0.15, 0.2) is 18.2 Å². The molecule has 4 nitrogen and oxygen atoms in total. The van der Waals surface area contributed by atoms with Gasteiger partial charge in [0, 0.05) is 0 Å². The third-order valence-corrected chi connectivity index (χ3v) is 2.67. The number of carboxylic acids is 1. The van der Waals surface area contributed by atoms with Crippen molar-refractivity contribution in [3.05, 3.63) is 23.8 Å². The van der Waals surface area contributed by atoms with E-state index in [9.17, 15) is 4.79 Å². The van der Waals surface area contributed by atoms with Gasteiger partial charge < -0.3 is 10.8 Å². The number of fused-ring (bicyclic) bond motifs is 1. The first-order valence-electron chi connectivity index (χ1n) is 4.02. The maximum absolute atomic E-state index is 10.5. The predicted molar refractivity (Wildman–Crippen MR) is 62.6 cm³/mol. The molecule has 0 saturated heterocycles. The van der Waals surface area contributed by atoms with Crippen molar-refractivity contribution in [1.82, 2.24) is 4.98 Å². The predicted octanol–water partition coefficient (Wildman–Crippen LogP) is 1.93.